The summed E-state index contributed by atoms with van der Waals surface area (Å²) in [5, 5.41) is 12.5. The molecule has 1 atom stereocenters. The molecule has 0 amide bonds. The number of nitrogens with one attached hydrogen (secondary N) is 1. The summed E-state index contributed by atoms with van der Waals surface area (Å²) in [5.41, 5.74) is 1.28. The summed E-state index contributed by atoms with van der Waals surface area (Å²) < 4.78 is 0. The number of unbranched alkanes of at least 4 members (excludes halogenated alkanes) is 1. The van der Waals surface area contributed by atoms with Gasteiger partial charge in [-0.25, -0.2) is 0 Å². The monoisotopic (exact) mass is 295 g/mol. The van der Waals surface area contributed by atoms with Crippen molar-refractivity contribution in [1.29, 1.82) is 0 Å². The van der Waals surface area contributed by atoms with Crippen molar-refractivity contribution in [2.24, 2.45) is 0 Å². The molecule has 2 nitrogen and oxygen atoms in total. The Morgan fingerprint density at radius 3 is 2.35 bits per heavy atom. The van der Waals surface area contributed by atoms with Crippen molar-refractivity contribution in [1.82, 2.24) is 5.32 Å². The Labute approximate surface area is 128 Å². The third-order valence-corrected chi connectivity index (χ3v) is 4.99. The molecule has 1 rings (SSSR count). The lowest BCUT2D eigenvalue weighted by atomic mass is 9.96. The number of likely N-dealkylation sites (N-methyl/N-ethyl adjacent to an activating group) is 1. The molecule has 3 heteroatoms. The summed E-state index contributed by atoms with van der Waals surface area (Å²) in [6.07, 6.45) is 3.36. The van der Waals surface area contributed by atoms with Crippen LogP contribution in [0.3, 0.4) is 0 Å². The van der Waals surface area contributed by atoms with Crippen molar-refractivity contribution in [3.8, 4) is 0 Å². The van der Waals surface area contributed by atoms with Crippen LogP contribution < -0.4 is 5.32 Å². The maximum absolute atomic E-state index is 9.32. The van der Waals surface area contributed by atoms with Gasteiger partial charge in [-0.3, -0.25) is 0 Å². The molecule has 0 spiro atoms. The number of aliphatic hydroxyl groups is 1. The van der Waals surface area contributed by atoms with Crippen LogP contribution in [0.4, 0.5) is 0 Å². The predicted molar refractivity (Wildman–Crippen MR) is 89.7 cm³/mol. The van der Waals surface area contributed by atoms with Crippen LogP contribution in [0.5, 0.6) is 0 Å². The van der Waals surface area contributed by atoms with Gasteiger partial charge in [0.05, 0.1) is 6.61 Å². The van der Waals surface area contributed by atoms with Crippen LogP contribution in [0.15, 0.2) is 29.2 Å². The Hall–Kier alpha value is -0.510. The van der Waals surface area contributed by atoms with Crippen molar-refractivity contribution in [3.63, 3.8) is 0 Å². The fraction of sp³-hybridized carbons (Fsp3) is 0.647. The zero-order valence-electron chi connectivity index (χ0n) is 13.3. The molecule has 0 fully saturated rings. The normalized spacial score (nSPS) is 14.5. The SMILES string of the molecule is CNC(C)(CO)CCCCSc1ccc(C(C)C)cc1. The molecule has 0 bridgehead atoms. The van der Waals surface area contributed by atoms with Crippen LogP contribution in [0.2, 0.25) is 0 Å². The molecule has 0 heterocycles. The number of thioether (sulfide) groups is 1. The number of hydrogen-bond acceptors (Lipinski definition) is 3. The minimum Gasteiger partial charge on any atom is -0.394 e. The van der Waals surface area contributed by atoms with Gasteiger partial charge >= 0.3 is 0 Å². The summed E-state index contributed by atoms with van der Waals surface area (Å²) in [4.78, 5) is 1.35. The molecule has 0 aliphatic carbocycles. The van der Waals surface area contributed by atoms with Gasteiger partial charge in [-0.1, -0.05) is 32.4 Å². The first-order chi connectivity index (χ1) is 9.50. The molecular formula is C17H29NOS. The van der Waals surface area contributed by atoms with Crippen LogP contribution >= 0.6 is 11.8 Å². The van der Waals surface area contributed by atoms with Crippen LogP contribution in [0.1, 0.15) is 51.5 Å². The Kier molecular flexibility index (Phi) is 7.63. The van der Waals surface area contributed by atoms with E-state index in [1.54, 1.807) is 0 Å². The van der Waals surface area contributed by atoms with Crippen molar-refractivity contribution < 1.29 is 5.11 Å². The van der Waals surface area contributed by atoms with E-state index in [0.29, 0.717) is 5.92 Å². The smallest absolute Gasteiger partial charge is 0.0610 e. The number of aliphatic hydroxyl groups excluding tert-OH is 1. The molecule has 1 aromatic rings. The Bertz CT molecular complexity index is 371. The van der Waals surface area contributed by atoms with E-state index >= 15 is 0 Å². The van der Waals surface area contributed by atoms with Gasteiger partial charge in [0.1, 0.15) is 0 Å². The van der Waals surface area contributed by atoms with Crippen LogP contribution in [0.25, 0.3) is 0 Å². The van der Waals surface area contributed by atoms with Crippen LogP contribution in [0, 0.1) is 0 Å². The molecule has 1 unspecified atom stereocenters. The lowest BCUT2D eigenvalue weighted by Gasteiger charge is -2.26. The average molecular weight is 295 g/mol. The molecule has 2 N–H and O–H groups in total. The molecule has 1 aromatic carbocycles. The third kappa shape index (κ3) is 5.86. The van der Waals surface area contributed by atoms with Gasteiger partial charge in [0.15, 0.2) is 0 Å². The lowest BCUT2D eigenvalue weighted by molar-refractivity contribution is 0.171. The van der Waals surface area contributed by atoms with Crippen LogP contribution in [-0.2, 0) is 0 Å². The molecule has 114 valence electrons. The van der Waals surface area contributed by atoms with E-state index in [0.717, 1.165) is 18.6 Å². The maximum Gasteiger partial charge on any atom is 0.0610 e. The lowest BCUT2D eigenvalue weighted by Crippen LogP contribution is -2.43. The topological polar surface area (TPSA) is 32.3 Å². The second kappa shape index (κ2) is 8.71. The van der Waals surface area contributed by atoms with E-state index in [1.165, 1.54) is 16.9 Å². The van der Waals surface area contributed by atoms with E-state index in [-0.39, 0.29) is 12.1 Å². The largest absolute Gasteiger partial charge is 0.394 e. The highest BCUT2D eigenvalue weighted by Gasteiger charge is 2.19. The third-order valence-electron chi connectivity index (χ3n) is 3.89. The molecular weight excluding hydrogens is 266 g/mol. The predicted octanol–water partition coefficient (Wildman–Crippen LogP) is 4.04. The van der Waals surface area contributed by atoms with E-state index < -0.39 is 0 Å². The van der Waals surface area contributed by atoms with Crippen molar-refractivity contribution >= 4 is 11.8 Å². The fourth-order valence-electron chi connectivity index (χ4n) is 2.04. The quantitative estimate of drug-likeness (QED) is 0.532. The van der Waals surface area contributed by atoms with Gasteiger partial charge in [0.25, 0.3) is 0 Å². The standard InChI is InChI=1S/C17H29NOS/c1-14(2)15-7-9-16(10-8-15)20-12-6-5-11-17(3,13-19)18-4/h7-10,14,18-19H,5-6,11-13H2,1-4H3. The molecule has 0 aliphatic rings. The van der Waals surface area contributed by atoms with E-state index in [2.05, 4.69) is 50.4 Å². The van der Waals surface area contributed by atoms with Crippen molar-refractivity contribution in [3.05, 3.63) is 29.8 Å². The minimum atomic E-state index is -0.121. The van der Waals surface area contributed by atoms with Gasteiger partial charge < -0.3 is 10.4 Å². The molecule has 20 heavy (non-hydrogen) atoms. The highest BCUT2D eigenvalue weighted by atomic mass is 32.2. The second-order valence-electron chi connectivity index (χ2n) is 6.00. The summed E-state index contributed by atoms with van der Waals surface area (Å²) in [5.74, 6) is 1.75. The Morgan fingerprint density at radius 1 is 1.20 bits per heavy atom. The summed E-state index contributed by atoms with van der Waals surface area (Å²) in [6, 6.07) is 8.92. The summed E-state index contributed by atoms with van der Waals surface area (Å²) in [6.45, 7) is 6.72. The molecule has 0 saturated heterocycles. The summed E-state index contributed by atoms with van der Waals surface area (Å²) in [7, 11) is 1.92. The van der Waals surface area contributed by atoms with Gasteiger partial charge in [-0.05, 0) is 56.2 Å². The highest BCUT2D eigenvalue weighted by Crippen LogP contribution is 2.23. The molecule has 0 aromatic heterocycles. The van der Waals surface area contributed by atoms with E-state index in [1.807, 2.05) is 18.8 Å². The zero-order valence-corrected chi connectivity index (χ0v) is 14.1. The van der Waals surface area contributed by atoms with Gasteiger partial charge in [0, 0.05) is 10.4 Å². The van der Waals surface area contributed by atoms with E-state index in [9.17, 15) is 5.11 Å². The highest BCUT2D eigenvalue weighted by molar-refractivity contribution is 7.99. The Morgan fingerprint density at radius 2 is 1.85 bits per heavy atom. The summed E-state index contributed by atoms with van der Waals surface area (Å²) >= 11 is 1.92. The molecule has 0 saturated carbocycles. The average Bonchev–Trinajstić information content (AvgIpc) is 2.47. The fourth-order valence-corrected chi connectivity index (χ4v) is 2.95. The second-order valence-corrected chi connectivity index (χ2v) is 7.17. The van der Waals surface area contributed by atoms with Gasteiger partial charge in [-0.2, -0.15) is 0 Å². The van der Waals surface area contributed by atoms with Crippen molar-refractivity contribution in [2.45, 2.75) is 56.4 Å². The first-order valence-corrected chi connectivity index (χ1v) is 8.52. The Balaban J connectivity index is 2.24. The van der Waals surface area contributed by atoms with Crippen molar-refractivity contribution in [2.75, 3.05) is 19.4 Å². The van der Waals surface area contributed by atoms with E-state index in [4.69, 9.17) is 0 Å². The number of benzene rings is 1. The zero-order chi connectivity index (χ0) is 15.0. The maximum atomic E-state index is 9.32. The number of hydrogen-bond donors (Lipinski definition) is 2. The van der Waals surface area contributed by atoms with Gasteiger partial charge in [0.2, 0.25) is 0 Å². The number of rotatable bonds is 9. The minimum absolute atomic E-state index is 0.121. The first kappa shape index (κ1) is 17.5. The van der Waals surface area contributed by atoms with Gasteiger partial charge in [-0.15, -0.1) is 11.8 Å². The molecule has 0 aliphatic heterocycles. The molecule has 0 radical (unpaired) electrons. The first-order valence-electron chi connectivity index (χ1n) is 7.53. The van der Waals surface area contributed by atoms with Crippen LogP contribution in [-0.4, -0.2) is 30.1 Å².